The van der Waals surface area contributed by atoms with E-state index in [-0.39, 0.29) is 0 Å². The fraction of sp³-hybridized carbons (Fsp3) is 0.500. The van der Waals surface area contributed by atoms with Gasteiger partial charge in [0.05, 0.1) is 18.0 Å². The van der Waals surface area contributed by atoms with Crippen LogP contribution in [-0.4, -0.2) is 29.5 Å². The molecule has 3 rings (SSSR count). The number of fused-ring (bicyclic) bond motifs is 1. The molecule has 0 saturated heterocycles. The second kappa shape index (κ2) is 6.97. The molecule has 118 valence electrons. The SMILES string of the molecule is CCOCCc1nn(-c2cccc(C)c2)c2c1CCCCN2. The summed E-state index contributed by atoms with van der Waals surface area (Å²) in [4.78, 5) is 0. The van der Waals surface area contributed by atoms with Crippen LogP contribution in [-0.2, 0) is 17.6 Å². The minimum absolute atomic E-state index is 0.744. The lowest BCUT2D eigenvalue weighted by molar-refractivity contribution is 0.150. The highest BCUT2D eigenvalue weighted by atomic mass is 16.5. The van der Waals surface area contributed by atoms with Gasteiger partial charge in [-0.15, -0.1) is 0 Å². The lowest BCUT2D eigenvalue weighted by atomic mass is 10.1. The van der Waals surface area contributed by atoms with E-state index in [9.17, 15) is 0 Å². The van der Waals surface area contributed by atoms with Crippen LogP contribution in [0, 0.1) is 6.92 Å². The highest BCUT2D eigenvalue weighted by molar-refractivity contribution is 5.54. The fourth-order valence-corrected chi connectivity index (χ4v) is 3.03. The van der Waals surface area contributed by atoms with Crippen molar-refractivity contribution < 1.29 is 4.74 Å². The van der Waals surface area contributed by atoms with Crippen LogP contribution < -0.4 is 5.32 Å². The smallest absolute Gasteiger partial charge is 0.133 e. The number of nitrogens with one attached hydrogen (secondary N) is 1. The van der Waals surface area contributed by atoms with Gasteiger partial charge in [-0.1, -0.05) is 12.1 Å². The van der Waals surface area contributed by atoms with Crippen LogP contribution >= 0.6 is 0 Å². The molecule has 1 aliphatic heterocycles. The van der Waals surface area contributed by atoms with Gasteiger partial charge in [-0.25, -0.2) is 4.68 Å². The lowest BCUT2D eigenvalue weighted by Gasteiger charge is -2.09. The quantitative estimate of drug-likeness (QED) is 0.859. The van der Waals surface area contributed by atoms with Crippen molar-refractivity contribution >= 4 is 5.82 Å². The predicted octanol–water partition coefficient (Wildman–Crippen LogP) is 3.51. The van der Waals surface area contributed by atoms with Gasteiger partial charge in [0.25, 0.3) is 0 Å². The normalized spacial score (nSPS) is 14.3. The van der Waals surface area contributed by atoms with Gasteiger partial charge in [-0.05, 0) is 50.8 Å². The summed E-state index contributed by atoms with van der Waals surface area (Å²) in [6.45, 7) is 6.69. The average molecular weight is 299 g/mol. The predicted molar refractivity (Wildman–Crippen MR) is 89.9 cm³/mol. The fourth-order valence-electron chi connectivity index (χ4n) is 3.03. The number of nitrogens with zero attached hydrogens (tertiary/aromatic N) is 2. The van der Waals surface area contributed by atoms with Gasteiger partial charge in [0.15, 0.2) is 0 Å². The van der Waals surface area contributed by atoms with E-state index in [2.05, 4.69) is 41.2 Å². The van der Waals surface area contributed by atoms with Crippen LogP contribution in [0.15, 0.2) is 24.3 Å². The molecule has 1 aromatic carbocycles. The van der Waals surface area contributed by atoms with Crippen molar-refractivity contribution in [3.05, 3.63) is 41.1 Å². The Hall–Kier alpha value is -1.81. The highest BCUT2D eigenvalue weighted by Gasteiger charge is 2.20. The zero-order valence-corrected chi connectivity index (χ0v) is 13.6. The molecule has 0 atom stereocenters. The van der Waals surface area contributed by atoms with Gasteiger partial charge in [0.1, 0.15) is 5.82 Å². The summed E-state index contributed by atoms with van der Waals surface area (Å²) >= 11 is 0. The maximum Gasteiger partial charge on any atom is 0.133 e. The lowest BCUT2D eigenvalue weighted by Crippen LogP contribution is -2.07. The molecular weight excluding hydrogens is 274 g/mol. The van der Waals surface area contributed by atoms with Crippen molar-refractivity contribution in [3.63, 3.8) is 0 Å². The third-order valence-corrected chi connectivity index (χ3v) is 4.15. The second-order valence-electron chi connectivity index (χ2n) is 5.86. The van der Waals surface area contributed by atoms with Crippen LogP contribution in [0.3, 0.4) is 0 Å². The van der Waals surface area contributed by atoms with Crippen molar-refractivity contribution in [2.45, 2.75) is 39.5 Å². The topological polar surface area (TPSA) is 39.1 Å². The average Bonchev–Trinajstić information content (AvgIpc) is 2.70. The standard InChI is InChI=1S/C18H25N3O/c1-3-22-12-10-17-16-9-4-5-11-19-18(16)21(20-17)15-8-6-7-14(2)13-15/h6-8,13,19H,3-5,9-12H2,1-2H3. The molecule has 2 heterocycles. The Morgan fingerprint density at radius 1 is 1.32 bits per heavy atom. The molecule has 0 unspecified atom stereocenters. The van der Waals surface area contributed by atoms with E-state index in [4.69, 9.17) is 9.84 Å². The number of anilines is 1. The van der Waals surface area contributed by atoms with E-state index >= 15 is 0 Å². The van der Waals surface area contributed by atoms with E-state index in [1.165, 1.54) is 35.5 Å². The first-order chi connectivity index (χ1) is 10.8. The molecule has 4 nitrogen and oxygen atoms in total. The second-order valence-corrected chi connectivity index (χ2v) is 5.86. The zero-order valence-electron chi connectivity index (χ0n) is 13.6. The van der Waals surface area contributed by atoms with Crippen LogP contribution in [0.5, 0.6) is 0 Å². The summed E-state index contributed by atoms with van der Waals surface area (Å²) in [7, 11) is 0. The molecule has 0 fully saturated rings. The number of hydrogen-bond acceptors (Lipinski definition) is 3. The number of hydrogen-bond donors (Lipinski definition) is 1. The van der Waals surface area contributed by atoms with Crippen molar-refractivity contribution in [1.82, 2.24) is 9.78 Å². The zero-order chi connectivity index (χ0) is 15.4. The summed E-state index contributed by atoms with van der Waals surface area (Å²) in [6.07, 6.45) is 4.43. The van der Waals surface area contributed by atoms with Crippen LogP contribution in [0.2, 0.25) is 0 Å². The Bertz CT molecular complexity index is 633. The Labute approximate surface area is 132 Å². The highest BCUT2D eigenvalue weighted by Crippen LogP contribution is 2.28. The maximum absolute atomic E-state index is 5.52. The van der Waals surface area contributed by atoms with Gasteiger partial charge in [0, 0.05) is 25.1 Å². The molecule has 22 heavy (non-hydrogen) atoms. The van der Waals surface area contributed by atoms with Crippen molar-refractivity contribution in [2.24, 2.45) is 0 Å². The molecule has 1 aliphatic rings. The van der Waals surface area contributed by atoms with E-state index in [0.29, 0.717) is 0 Å². The van der Waals surface area contributed by atoms with Crippen LogP contribution in [0.1, 0.15) is 36.6 Å². The molecule has 0 spiro atoms. The van der Waals surface area contributed by atoms with E-state index in [1.807, 2.05) is 6.92 Å². The molecule has 0 bridgehead atoms. The number of aromatic nitrogens is 2. The summed E-state index contributed by atoms with van der Waals surface area (Å²) in [5.41, 5.74) is 4.94. The van der Waals surface area contributed by atoms with Crippen LogP contribution in [0.25, 0.3) is 5.69 Å². The Morgan fingerprint density at radius 3 is 3.05 bits per heavy atom. The van der Waals surface area contributed by atoms with Gasteiger partial charge < -0.3 is 10.1 Å². The van der Waals surface area contributed by atoms with E-state index < -0.39 is 0 Å². The van der Waals surface area contributed by atoms with Crippen molar-refractivity contribution in [1.29, 1.82) is 0 Å². The number of benzene rings is 1. The minimum atomic E-state index is 0.744. The first-order valence-corrected chi connectivity index (χ1v) is 8.29. The maximum atomic E-state index is 5.52. The summed E-state index contributed by atoms with van der Waals surface area (Å²) < 4.78 is 7.60. The molecule has 4 heteroatoms. The van der Waals surface area contributed by atoms with Crippen LogP contribution in [0.4, 0.5) is 5.82 Å². The number of rotatable bonds is 5. The summed E-state index contributed by atoms with van der Waals surface area (Å²) in [5.74, 6) is 1.18. The largest absolute Gasteiger partial charge is 0.381 e. The first-order valence-electron chi connectivity index (χ1n) is 8.29. The van der Waals surface area contributed by atoms with Gasteiger partial charge >= 0.3 is 0 Å². The van der Waals surface area contributed by atoms with Gasteiger partial charge in [-0.3, -0.25) is 0 Å². The molecule has 0 radical (unpaired) electrons. The molecule has 1 N–H and O–H groups in total. The minimum Gasteiger partial charge on any atom is -0.381 e. The molecular formula is C18H25N3O. The Kier molecular flexibility index (Phi) is 4.78. The molecule has 0 aliphatic carbocycles. The third kappa shape index (κ3) is 3.17. The summed E-state index contributed by atoms with van der Waals surface area (Å²) in [6, 6.07) is 8.52. The molecule has 2 aromatic rings. The Morgan fingerprint density at radius 2 is 2.23 bits per heavy atom. The number of ether oxygens (including phenoxy) is 1. The molecule has 0 amide bonds. The van der Waals surface area contributed by atoms with E-state index in [0.717, 1.165) is 38.3 Å². The summed E-state index contributed by atoms with van der Waals surface area (Å²) in [5, 5.41) is 8.47. The third-order valence-electron chi connectivity index (χ3n) is 4.15. The van der Waals surface area contributed by atoms with Gasteiger partial charge in [0.2, 0.25) is 0 Å². The Balaban J connectivity index is 1.98. The van der Waals surface area contributed by atoms with Crippen molar-refractivity contribution in [3.8, 4) is 5.69 Å². The number of aryl methyl sites for hydroxylation is 1. The monoisotopic (exact) mass is 299 g/mol. The molecule has 1 aromatic heterocycles. The molecule has 0 saturated carbocycles. The first kappa shape index (κ1) is 15.1. The van der Waals surface area contributed by atoms with Crippen molar-refractivity contribution in [2.75, 3.05) is 25.1 Å². The van der Waals surface area contributed by atoms with E-state index in [1.54, 1.807) is 0 Å². The van der Waals surface area contributed by atoms with Gasteiger partial charge in [-0.2, -0.15) is 5.10 Å².